The Balaban J connectivity index is 1.67. The molecular weight excluding hydrogens is 296 g/mol. The summed E-state index contributed by atoms with van der Waals surface area (Å²) in [6.45, 7) is 6.46. The van der Waals surface area contributed by atoms with Crippen LogP contribution < -0.4 is 0 Å². The molecule has 2 saturated heterocycles. The van der Waals surface area contributed by atoms with Crippen molar-refractivity contribution >= 4 is 17.2 Å². The fraction of sp³-hybridized carbons (Fsp3) is 0.706. The van der Waals surface area contributed by atoms with Crippen molar-refractivity contribution in [3.05, 3.63) is 22.4 Å². The van der Waals surface area contributed by atoms with Crippen molar-refractivity contribution in [3.8, 4) is 0 Å². The van der Waals surface area contributed by atoms with Gasteiger partial charge in [-0.2, -0.15) is 0 Å². The van der Waals surface area contributed by atoms with Gasteiger partial charge in [0.1, 0.15) is 0 Å². The Morgan fingerprint density at radius 1 is 1.41 bits per heavy atom. The van der Waals surface area contributed by atoms with Gasteiger partial charge < -0.3 is 10.0 Å². The minimum atomic E-state index is -0.310. The minimum absolute atomic E-state index is 0.136. The fourth-order valence-electron chi connectivity index (χ4n) is 3.63. The Morgan fingerprint density at radius 3 is 2.91 bits per heavy atom. The quantitative estimate of drug-likeness (QED) is 0.930. The topological polar surface area (TPSA) is 43.8 Å². The highest BCUT2D eigenvalue weighted by molar-refractivity contribution is 7.10. The van der Waals surface area contributed by atoms with Gasteiger partial charge in [0, 0.05) is 18.0 Å². The molecule has 0 radical (unpaired) electrons. The van der Waals surface area contributed by atoms with Gasteiger partial charge in [0.25, 0.3) is 0 Å². The number of hydrogen-bond donors (Lipinski definition) is 1. The summed E-state index contributed by atoms with van der Waals surface area (Å²) in [6, 6.07) is 4.32. The molecule has 3 heterocycles. The molecule has 4 unspecified atom stereocenters. The first kappa shape index (κ1) is 16.0. The van der Waals surface area contributed by atoms with E-state index < -0.39 is 0 Å². The number of amides is 1. The lowest BCUT2D eigenvalue weighted by atomic mass is 9.95. The third-order valence-corrected chi connectivity index (χ3v) is 6.24. The smallest absolute Gasteiger partial charge is 0.240 e. The van der Waals surface area contributed by atoms with E-state index in [0.717, 1.165) is 32.4 Å². The highest BCUT2D eigenvalue weighted by atomic mass is 32.1. The molecule has 4 atom stereocenters. The first-order valence-electron chi connectivity index (χ1n) is 8.34. The molecule has 5 heteroatoms. The first-order valence-corrected chi connectivity index (χ1v) is 9.22. The van der Waals surface area contributed by atoms with E-state index in [0.29, 0.717) is 12.5 Å². The molecule has 1 aromatic rings. The maximum atomic E-state index is 12.9. The summed E-state index contributed by atoms with van der Waals surface area (Å²) >= 11 is 1.74. The molecule has 2 fully saturated rings. The molecule has 0 bridgehead atoms. The van der Waals surface area contributed by atoms with Gasteiger partial charge in [0.2, 0.25) is 5.91 Å². The van der Waals surface area contributed by atoms with Crippen LogP contribution in [0, 0.1) is 5.92 Å². The predicted molar refractivity (Wildman–Crippen MR) is 88.8 cm³/mol. The summed E-state index contributed by atoms with van der Waals surface area (Å²) in [5, 5.41) is 12.2. The highest BCUT2D eigenvalue weighted by Crippen LogP contribution is 2.35. The van der Waals surface area contributed by atoms with Crippen LogP contribution in [-0.4, -0.2) is 52.6 Å². The van der Waals surface area contributed by atoms with Gasteiger partial charge in [0.05, 0.1) is 18.2 Å². The Labute approximate surface area is 136 Å². The Hall–Kier alpha value is -0.910. The van der Waals surface area contributed by atoms with Crippen LogP contribution in [0.4, 0.5) is 0 Å². The van der Waals surface area contributed by atoms with Gasteiger partial charge in [-0.05, 0) is 50.1 Å². The zero-order chi connectivity index (χ0) is 15.7. The van der Waals surface area contributed by atoms with E-state index in [1.165, 1.54) is 4.88 Å². The Morgan fingerprint density at radius 2 is 2.23 bits per heavy atom. The van der Waals surface area contributed by atoms with Gasteiger partial charge in [-0.1, -0.05) is 13.0 Å². The summed E-state index contributed by atoms with van der Waals surface area (Å²) in [6.07, 6.45) is 2.81. The summed E-state index contributed by atoms with van der Waals surface area (Å²) in [5.41, 5.74) is 0. The number of piperidine rings is 1. The molecular formula is C17H26N2O2S. The number of nitrogens with zero attached hydrogens (tertiary/aromatic N) is 2. The summed E-state index contributed by atoms with van der Waals surface area (Å²) in [5.74, 6) is 0.557. The van der Waals surface area contributed by atoms with E-state index in [1.807, 2.05) is 6.92 Å². The number of carbonyl (C=O) groups is 1. The van der Waals surface area contributed by atoms with E-state index in [-0.39, 0.29) is 24.1 Å². The number of aliphatic hydroxyl groups excluding tert-OH is 1. The van der Waals surface area contributed by atoms with Crippen molar-refractivity contribution in [1.29, 1.82) is 0 Å². The number of thiophene rings is 1. The molecule has 122 valence electrons. The molecule has 0 aromatic carbocycles. The third-order valence-electron chi connectivity index (χ3n) is 5.26. The molecule has 1 aromatic heterocycles. The van der Waals surface area contributed by atoms with Crippen LogP contribution in [0.2, 0.25) is 0 Å². The molecule has 0 aliphatic carbocycles. The lowest BCUT2D eigenvalue weighted by molar-refractivity contribution is -0.139. The number of likely N-dealkylation sites (tertiary alicyclic amines) is 2. The molecule has 0 spiro atoms. The highest BCUT2D eigenvalue weighted by Gasteiger charge is 2.36. The van der Waals surface area contributed by atoms with Crippen LogP contribution in [0.3, 0.4) is 0 Å². The number of aliphatic hydroxyl groups is 1. The second-order valence-electron chi connectivity index (χ2n) is 6.71. The summed E-state index contributed by atoms with van der Waals surface area (Å²) in [7, 11) is 0. The minimum Gasteiger partial charge on any atom is -0.392 e. The van der Waals surface area contributed by atoms with Gasteiger partial charge in [-0.25, -0.2) is 0 Å². The largest absolute Gasteiger partial charge is 0.392 e. The van der Waals surface area contributed by atoms with Gasteiger partial charge in [0.15, 0.2) is 0 Å². The molecule has 22 heavy (non-hydrogen) atoms. The first-order chi connectivity index (χ1) is 10.6. The van der Waals surface area contributed by atoms with Crippen LogP contribution in [-0.2, 0) is 4.79 Å². The van der Waals surface area contributed by atoms with Crippen LogP contribution in [0.1, 0.15) is 44.0 Å². The van der Waals surface area contributed by atoms with Crippen LogP contribution in [0.5, 0.6) is 0 Å². The molecule has 3 rings (SSSR count). The number of β-amino-alcohol motifs (C(OH)–C–C–N with tert-alkyl or cyclic N) is 1. The molecule has 4 nitrogen and oxygen atoms in total. The monoisotopic (exact) mass is 322 g/mol. The summed E-state index contributed by atoms with van der Waals surface area (Å²) < 4.78 is 0. The zero-order valence-corrected chi connectivity index (χ0v) is 14.3. The van der Waals surface area contributed by atoms with Crippen molar-refractivity contribution in [3.63, 3.8) is 0 Å². The van der Waals surface area contributed by atoms with E-state index in [9.17, 15) is 9.90 Å². The van der Waals surface area contributed by atoms with Crippen molar-refractivity contribution < 1.29 is 9.90 Å². The van der Waals surface area contributed by atoms with Crippen molar-refractivity contribution in [2.75, 3.05) is 19.6 Å². The second-order valence-corrected chi connectivity index (χ2v) is 7.69. The molecule has 1 amide bonds. The van der Waals surface area contributed by atoms with Crippen LogP contribution >= 0.6 is 11.3 Å². The van der Waals surface area contributed by atoms with Gasteiger partial charge in [-0.15, -0.1) is 11.3 Å². The van der Waals surface area contributed by atoms with E-state index in [2.05, 4.69) is 34.2 Å². The molecule has 0 saturated carbocycles. The zero-order valence-electron chi connectivity index (χ0n) is 13.4. The normalized spacial score (nSPS) is 31.4. The number of carbonyl (C=O) groups excluding carboxylic acids is 1. The number of hydrogen-bond acceptors (Lipinski definition) is 4. The Bertz CT molecular complexity index is 505. The predicted octanol–water partition coefficient (Wildman–Crippen LogP) is 2.50. The van der Waals surface area contributed by atoms with Crippen molar-refractivity contribution in [2.24, 2.45) is 5.92 Å². The lowest BCUT2D eigenvalue weighted by Crippen LogP contribution is -2.52. The van der Waals surface area contributed by atoms with E-state index in [4.69, 9.17) is 0 Å². The molecule has 1 N–H and O–H groups in total. The lowest BCUT2D eigenvalue weighted by Gasteiger charge is -2.39. The van der Waals surface area contributed by atoms with E-state index in [1.54, 1.807) is 11.3 Å². The van der Waals surface area contributed by atoms with Crippen LogP contribution in [0.15, 0.2) is 17.5 Å². The maximum absolute atomic E-state index is 12.9. The third kappa shape index (κ3) is 3.07. The Kier molecular flexibility index (Phi) is 4.85. The van der Waals surface area contributed by atoms with Crippen molar-refractivity contribution in [1.82, 2.24) is 9.80 Å². The maximum Gasteiger partial charge on any atom is 0.240 e. The molecule has 2 aliphatic rings. The number of rotatable bonds is 3. The molecule has 2 aliphatic heterocycles. The summed E-state index contributed by atoms with van der Waals surface area (Å²) in [4.78, 5) is 18.4. The van der Waals surface area contributed by atoms with E-state index >= 15 is 0 Å². The van der Waals surface area contributed by atoms with Gasteiger partial charge in [-0.3, -0.25) is 9.69 Å². The fourth-order valence-corrected chi connectivity index (χ4v) is 4.50. The standard InChI is InChI=1S/C17H26N2O2S/c1-12-7-9-18(11-15(12)20)13(2)17(21)19-8-3-5-14(19)16-6-4-10-22-16/h4,6,10,12-15,20H,3,5,7-9,11H2,1-2H3. The van der Waals surface area contributed by atoms with Gasteiger partial charge >= 0.3 is 0 Å². The SMILES string of the molecule is CC1CCN(C(C)C(=O)N2CCCC2c2cccs2)CC1O. The average Bonchev–Trinajstić information content (AvgIpc) is 3.18. The second kappa shape index (κ2) is 6.69. The average molecular weight is 322 g/mol. The van der Waals surface area contributed by atoms with Crippen molar-refractivity contribution in [2.45, 2.75) is 51.3 Å². The van der Waals surface area contributed by atoms with Crippen LogP contribution in [0.25, 0.3) is 0 Å².